The second-order valence-corrected chi connectivity index (χ2v) is 4.01. The van der Waals surface area contributed by atoms with Gasteiger partial charge in [0.15, 0.2) is 0 Å². The molecule has 0 aliphatic rings. The van der Waals surface area contributed by atoms with E-state index in [4.69, 9.17) is 0 Å². The van der Waals surface area contributed by atoms with Crippen LogP contribution in [-0.2, 0) is 0 Å². The maximum Gasteiger partial charge on any atom is 0.0464 e. The molecule has 0 saturated heterocycles. The Balaban J connectivity index is 2.17. The van der Waals surface area contributed by atoms with Gasteiger partial charge in [0.05, 0.1) is 0 Å². The van der Waals surface area contributed by atoms with Crippen molar-refractivity contribution in [3.63, 3.8) is 0 Å². The highest BCUT2D eigenvalue weighted by atomic mass is 32.2. The standard InChI is InChI=1S/C13H12NS/c1-15-13-9-5-8-12(10-13)14-11-6-3-2-4-7-11/h2-6,8-10,14H,1H3. The molecule has 1 N–H and O–H groups in total. The summed E-state index contributed by atoms with van der Waals surface area (Å²) in [7, 11) is 0. The van der Waals surface area contributed by atoms with Crippen LogP contribution in [0.25, 0.3) is 0 Å². The fourth-order valence-electron chi connectivity index (χ4n) is 1.33. The minimum absolute atomic E-state index is 0.996. The van der Waals surface area contributed by atoms with Gasteiger partial charge in [-0.1, -0.05) is 24.3 Å². The van der Waals surface area contributed by atoms with Gasteiger partial charge in [-0.15, -0.1) is 11.8 Å². The lowest BCUT2D eigenvalue weighted by atomic mass is 10.3. The van der Waals surface area contributed by atoms with Crippen LogP contribution in [0.15, 0.2) is 53.4 Å². The molecule has 0 heterocycles. The van der Waals surface area contributed by atoms with Gasteiger partial charge in [0.25, 0.3) is 0 Å². The second kappa shape index (κ2) is 4.89. The van der Waals surface area contributed by atoms with Gasteiger partial charge in [-0.05, 0) is 30.5 Å². The normalized spacial score (nSPS) is 9.93. The third-order valence-corrected chi connectivity index (χ3v) is 2.78. The van der Waals surface area contributed by atoms with Gasteiger partial charge in [-0.25, -0.2) is 0 Å². The predicted molar refractivity (Wildman–Crippen MR) is 66.8 cm³/mol. The van der Waals surface area contributed by atoms with E-state index in [-0.39, 0.29) is 0 Å². The predicted octanol–water partition coefficient (Wildman–Crippen LogP) is 3.95. The summed E-state index contributed by atoms with van der Waals surface area (Å²) < 4.78 is 0. The summed E-state index contributed by atoms with van der Waals surface area (Å²) in [6, 6.07) is 19.3. The van der Waals surface area contributed by atoms with E-state index in [2.05, 4.69) is 41.9 Å². The molecule has 2 aromatic rings. The number of thioether (sulfide) groups is 1. The molecule has 0 aliphatic heterocycles. The van der Waals surface area contributed by atoms with E-state index in [1.807, 2.05) is 24.3 Å². The molecule has 0 unspecified atom stereocenters. The summed E-state index contributed by atoms with van der Waals surface area (Å²) in [5.74, 6) is 0. The average molecular weight is 214 g/mol. The molecule has 0 aromatic heterocycles. The Morgan fingerprint density at radius 2 is 2.07 bits per heavy atom. The first-order valence-electron chi connectivity index (χ1n) is 4.76. The second-order valence-electron chi connectivity index (χ2n) is 3.13. The van der Waals surface area contributed by atoms with Crippen molar-refractivity contribution in [3.8, 4) is 0 Å². The van der Waals surface area contributed by atoms with Gasteiger partial charge < -0.3 is 5.32 Å². The molecule has 0 atom stereocenters. The summed E-state index contributed by atoms with van der Waals surface area (Å²) in [6.45, 7) is 0. The summed E-state index contributed by atoms with van der Waals surface area (Å²) in [5.41, 5.74) is 2.10. The minimum atomic E-state index is 0.996. The van der Waals surface area contributed by atoms with Crippen molar-refractivity contribution in [2.45, 2.75) is 4.90 Å². The van der Waals surface area contributed by atoms with Crippen molar-refractivity contribution in [2.75, 3.05) is 11.6 Å². The van der Waals surface area contributed by atoms with Crippen LogP contribution < -0.4 is 5.32 Å². The molecule has 0 aliphatic carbocycles. The lowest BCUT2D eigenvalue weighted by molar-refractivity contribution is 1.44. The van der Waals surface area contributed by atoms with Gasteiger partial charge in [0.1, 0.15) is 0 Å². The fraction of sp³-hybridized carbons (Fsp3) is 0.0769. The van der Waals surface area contributed by atoms with Gasteiger partial charge in [-0.3, -0.25) is 0 Å². The average Bonchev–Trinajstić information content (AvgIpc) is 2.31. The van der Waals surface area contributed by atoms with Crippen LogP contribution in [0.5, 0.6) is 0 Å². The van der Waals surface area contributed by atoms with E-state index >= 15 is 0 Å². The Morgan fingerprint density at radius 1 is 1.13 bits per heavy atom. The largest absolute Gasteiger partial charge is 0.355 e. The number of anilines is 2. The maximum absolute atomic E-state index is 3.31. The van der Waals surface area contributed by atoms with E-state index in [0.717, 1.165) is 11.4 Å². The number of rotatable bonds is 3. The number of hydrogen-bond donors (Lipinski definition) is 1. The van der Waals surface area contributed by atoms with Gasteiger partial charge in [0, 0.05) is 22.3 Å². The van der Waals surface area contributed by atoms with Crippen molar-refractivity contribution in [1.82, 2.24) is 0 Å². The molecule has 0 saturated carbocycles. The van der Waals surface area contributed by atoms with E-state index in [1.165, 1.54) is 4.90 Å². The fourth-order valence-corrected chi connectivity index (χ4v) is 1.79. The quantitative estimate of drug-likeness (QED) is 0.776. The highest BCUT2D eigenvalue weighted by Crippen LogP contribution is 2.21. The monoisotopic (exact) mass is 214 g/mol. The third-order valence-electron chi connectivity index (χ3n) is 2.06. The first-order chi connectivity index (χ1) is 7.38. The highest BCUT2D eigenvalue weighted by Gasteiger charge is 1.95. The summed E-state index contributed by atoms with van der Waals surface area (Å²) in [5, 5.41) is 3.31. The Hall–Kier alpha value is -1.41. The maximum atomic E-state index is 3.31. The molecular formula is C13H12NS. The first-order valence-corrected chi connectivity index (χ1v) is 5.99. The Morgan fingerprint density at radius 3 is 2.80 bits per heavy atom. The lowest BCUT2D eigenvalue weighted by Gasteiger charge is -2.06. The van der Waals surface area contributed by atoms with E-state index in [9.17, 15) is 0 Å². The van der Waals surface area contributed by atoms with Crippen LogP contribution in [0.4, 0.5) is 11.4 Å². The van der Waals surface area contributed by atoms with Crippen molar-refractivity contribution < 1.29 is 0 Å². The van der Waals surface area contributed by atoms with Crippen LogP contribution in [0.3, 0.4) is 0 Å². The van der Waals surface area contributed by atoms with Crippen LogP contribution in [0.1, 0.15) is 0 Å². The molecule has 0 amide bonds. The molecule has 2 aromatic carbocycles. The molecule has 1 nitrogen and oxygen atoms in total. The van der Waals surface area contributed by atoms with E-state index in [1.54, 1.807) is 11.8 Å². The van der Waals surface area contributed by atoms with Gasteiger partial charge in [-0.2, -0.15) is 0 Å². The third kappa shape index (κ3) is 2.77. The topological polar surface area (TPSA) is 12.0 Å². The van der Waals surface area contributed by atoms with Crippen molar-refractivity contribution in [2.24, 2.45) is 0 Å². The van der Waals surface area contributed by atoms with Crippen molar-refractivity contribution >= 4 is 23.1 Å². The number of para-hydroxylation sites is 1. The van der Waals surface area contributed by atoms with Crippen molar-refractivity contribution in [1.29, 1.82) is 0 Å². The van der Waals surface area contributed by atoms with Crippen LogP contribution in [-0.4, -0.2) is 6.26 Å². The SMILES string of the molecule is CSc1cccc(Nc2[c]cccc2)c1. The number of hydrogen-bond acceptors (Lipinski definition) is 2. The zero-order chi connectivity index (χ0) is 10.5. The Bertz CT molecular complexity index is 426. The van der Waals surface area contributed by atoms with Crippen LogP contribution in [0, 0.1) is 6.07 Å². The molecule has 0 fully saturated rings. The number of benzene rings is 2. The lowest BCUT2D eigenvalue weighted by Crippen LogP contribution is -1.89. The molecule has 75 valence electrons. The summed E-state index contributed by atoms with van der Waals surface area (Å²) in [6.07, 6.45) is 2.08. The molecule has 2 rings (SSSR count). The molecule has 2 heteroatoms. The van der Waals surface area contributed by atoms with Crippen molar-refractivity contribution in [3.05, 3.63) is 54.6 Å². The number of nitrogens with one attached hydrogen (secondary N) is 1. The summed E-state index contributed by atoms with van der Waals surface area (Å²) in [4.78, 5) is 1.26. The zero-order valence-electron chi connectivity index (χ0n) is 8.53. The van der Waals surface area contributed by atoms with E-state index in [0.29, 0.717) is 0 Å². The minimum Gasteiger partial charge on any atom is -0.355 e. The Kier molecular flexibility index (Phi) is 3.30. The smallest absolute Gasteiger partial charge is 0.0464 e. The van der Waals surface area contributed by atoms with E-state index < -0.39 is 0 Å². The molecular weight excluding hydrogens is 202 g/mol. The Labute approximate surface area is 94.5 Å². The molecule has 0 bridgehead atoms. The summed E-state index contributed by atoms with van der Waals surface area (Å²) >= 11 is 1.74. The molecule has 1 radical (unpaired) electrons. The zero-order valence-corrected chi connectivity index (χ0v) is 9.34. The van der Waals surface area contributed by atoms with Crippen LogP contribution in [0.2, 0.25) is 0 Å². The van der Waals surface area contributed by atoms with Crippen LogP contribution >= 0.6 is 11.8 Å². The highest BCUT2D eigenvalue weighted by molar-refractivity contribution is 7.98. The first kappa shape index (κ1) is 10.1. The van der Waals surface area contributed by atoms with Gasteiger partial charge >= 0.3 is 0 Å². The van der Waals surface area contributed by atoms with Gasteiger partial charge in [0.2, 0.25) is 0 Å². The molecule has 0 spiro atoms. The molecule has 15 heavy (non-hydrogen) atoms.